The third-order valence-corrected chi connectivity index (χ3v) is 5.25. The number of carbonyl (C=O) groups excluding carboxylic acids is 1. The lowest BCUT2D eigenvalue weighted by Crippen LogP contribution is -2.51. The summed E-state index contributed by atoms with van der Waals surface area (Å²) in [7, 11) is 0. The molecule has 0 radical (unpaired) electrons. The van der Waals surface area contributed by atoms with Gasteiger partial charge in [0.1, 0.15) is 0 Å². The molecule has 1 aliphatic carbocycles. The molecule has 3 heterocycles. The van der Waals surface area contributed by atoms with Crippen LogP contribution >= 0.6 is 0 Å². The summed E-state index contributed by atoms with van der Waals surface area (Å²) in [5.41, 5.74) is 1.28. The maximum Gasteiger partial charge on any atom is 0.234 e. The lowest BCUT2D eigenvalue weighted by molar-refractivity contribution is -0.123. The summed E-state index contributed by atoms with van der Waals surface area (Å²) < 4.78 is 5.33. The number of hydrogen-bond acceptors (Lipinski definition) is 5. The summed E-state index contributed by atoms with van der Waals surface area (Å²) in [4.78, 5) is 16.7. The summed E-state index contributed by atoms with van der Waals surface area (Å²) in [6.45, 7) is 5.70. The molecular formula is C17H27N5O2. The van der Waals surface area contributed by atoms with Crippen molar-refractivity contribution < 1.29 is 9.53 Å². The van der Waals surface area contributed by atoms with E-state index in [2.05, 4.69) is 31.4 Å². The van der Waals surface area contributed by atoms with Gasteiger partial charge in [-0.05, 0) is 25.7 Å². The highest BCUT2D eigenvalue weighted by Crippen LogP contribution is 2.39. The number of nitrogens with one attached hydrogen (secondary N) is 2. The molecule has 0 atom stereocenters. The van der Waals surface area contributed by atoms with Crippen LogP contribution < -0.4 is 10.2 Å². The number of amides is 1. The lowest BCUT2D eigenvalue weighted by atomic mass is 10.1. The summed E-state index contributed by atoms with van der Waals surface area (Å²) >= 11 is 0. The van der Waals surface area contributed by atoms with E-state index in [9.17, 15) is 4.79 Å². The second-order valence-electron chi connectivity index (χ2n) is 7.17. The third-order valence-electron chi connectivity index (χ3n) is 5.25. The molecule has 0 aromatic carbocycles. The molecule has 0 spiro atoms. The first-order valence-electron chi connectivity index (χ1n) is 9.17. The van der Waals surface area contributed by atoms with Crippen molar-refractivity contribution in [3.8, 4) is 0 Å². The number of aromatic nitrogens is 2. The minimum atomic E-state index is 0.145. The van der Waals surface area contributed by atoms with E-state index in [0.29, 0.717) is 12.5 Å². The molecule has 4 rings (SSSR count). The molecule has 132 valence electrons. The van der Waals surface area contributed by atoms with Crippen LogP contribution in [-0.4, -0.2) is 73.0 Å². The van der Waals surface area contributed by atoms with E-state index in [0.717, 1.165) is 58.1 Å². The van der Waals surface area contributed by atoms with E-state index in [4.69, 9.17) is 4.74 Å². The molecule has 24 heavy (non-hydrogen) atoms. The molecular weight excluding hydrogens is 306 g/mol. The number of piperazine rings is 1. The molecule has 2 saturated heterocycles. The van der Waals surface area contributed by atoms with Gasteiger partial charge in [-0.2, -0.15) is 5.10 Å². The first kappa shape index (κ1) is 15.9. The van der Waals surface area contributed by atoms with E-state index in [-0.39, 0.29) is 11.9 Å². The second kappa shape index (κ2) is 7.11. The van der Waals surface area contributed by atoms with Crippen LogP contribution in [0.1, 0.15) is 37.3 Å². The predicted molar refractivity (Wildman–Crippen MR) is 91.2 cm³/mol. The molecule has 1 aromatic heterocycles. The van der Waals surface area contributed by atoms with Gasteiger partial charge in [0, 0.05) is 63.1 Å². The zero-order valence-corrected chi connectivity index (χ0v) is 14.2. The third kappa shape index (κ3) is 3.89. The Labute approximate surface area is 142 Å². The monoisotopic (exact) mass is 333 g/mol. The fraction of sp³-hybridized carbons (Fsp3) is 0.765. The van der Waals surface area contributed by atoms with Crippen molar-refractivity contribution in [1.82, 2.24) is 20.4 Å². The van der Waals surface area contributed by atoms with Crippen LogP contribution in [0.2, 0.25) is 0 Å². The van der Waals surface area contributed by atoms with Gasteiger partial charge >= 0.3 is 0 Å². The van der Waals surface area contributed by atoms with Gasteiger partial charge in [0.25, 0.3) is 0 Å². The average Bonchev–Trinajstić information content (AvgIpc) is 3.34. The summed E-state index contributed by atoms with van der Waals surface area (Å²) in [5, 5.41) is 10.8. The Morgan fingerprint density at radius 2 is 1.96 bits per heavy atom. The highest BCUT2D eigenvalue weighted by molar-refractivity contribution is 5.78. The first-order chi connectivity index (χ1) is 11.8. The second-order valence-corrected chi connectivity index (χ2v) is 7.17. The van der Waals surface area contributed by atoms with Crippen LogP contribution in [0.15, 0.2) is 6.07 Å². The van der Waals surface area contributed by atoms with E-state index in [1.807, 2.05) is 0 Å². The van der Waals surface area contributed by atoms with Crippen molar-refractivity contribution in [2.24, 2.45) is 0 Å². The topological polar surface area (TPSA) is 73.5 Å². The van der Waals surface area contributed by atoms with Gasteiger partial charge < -0.3 is 15.0 Å². The molecule has 1 saturated carbocycles. The average molecular weight is 333 g/mol. The molecule has 0 unspecified atom stereocenters. The smallest absolute Gasteiger partial charge is 0.234 e. The molecule has 0 bridgehead atoms. The normalized spacial score (nSPS) is 23.4. The van der Waals surface area contributed by atoms with Crippen LogP contribution in [0.5, 0.6) is 0 Å². The standard InChI is InChI=1S/C17H27N5O2/c23-17(18-14-3-9-24-10-4-14)12-21-5-7-22(8-6-21)16-11-15(19-20-16)13-1-2-13/h11,13-14H,1-10,12H2,(H,18,23)(H,19,20). The minimum absolute atomic E-state index is 0.145. The Balaban J connectivity index is 1.21. The number of rotatable bonds is 5. The first-order valence-corrected chi connectivity index (χ1v) is 9.17. The number of nitrogens with zero attached hydrogens (tertiary/aromatic N) is 3. The minimum Gasteiger partial charge on any atom is -0.381 e. The van der Waals surface area contributed by atoms with Gasteiger partial charge in [-0.25, -0.2) is 0 Å². The number of H-pyrrole nitrogens is 1. The van der Waals surface area contributed by atoms with Crippen LogP contribution in [0.25, 0.3) is 0 Å². The van der Waals surface area contributed by atoms with Gasteiger partial charge in [0.05, 0.1) is 6.54 Å². The predicted octanol–water partition coefficient (Wildman–Crippen LogP) is 0.704. The van der Waals surface area contributed by atoms with Crippen molar-refractivity contribution in [3.05, 3.63) is 11.8 Å². The highest BCUT2D eigenvalue weighted by Gasteiger charge is 2.27. The van der Waals surface area contributed by atoms with Crippen molar-refractivity contribution in [2.75, 3.05) is 50.8 Å². The van der Waals surface area contributed by atoms with Crippen LogP contribution in [0.4, 0.5) is 5.82 Å². The van der Waals surface area contributed by atoms with E-state index >= 15 is 0 Å². The van der Waals surface area contributed by atoms with Gasteiger partial charge in [-0.3, -0.25) is 14.8 Å². The largest absolute Gasteiger partial charge is 0.381 e. The Morgan fingerprint density at radius 3 is 2.67 bits per heavy atom. The Morgan fingerprint density at radius 1 is 1.21 bits per heavy atom. The molecule has 1 aromatic rings. The molecule has 7 nitrogen and oxygen atoms in total. The van der Waals surface area contributed by atoms with E-state index < -0.39 is 0 Å². The molecule has 2 N–H and O–H groups in total. The molecule has 1 amide bonds. The number of aromatic amines is 1. The van der Waals surface area contributed by atoms with Crippen molar-refractivity contribution in [1.29, 1.82) is 0 Å². The van der Waals surface area contributed by atoms with Crippen LogP contribution in [-0.2, 0) is 9.53 Å². The molecule has 2 aliphatic heterocycles. The van der Waals surface area contributed by atoms with Crippen molar-refractivity contribution >= 4 is 11.7 Å². The van der Waals surface area contributed by atoms with Gasteiger partial charge in [-0.1, -0.05) is 0 Å². The number of ether oxygens (including phenoxy) is 1. The summed E-state index contributed by atoms with van der Waals surface area (Å²) in [6, 6.07) is 2.49. The molecule has 3 fully saturated rings. The summed E-state index contributed by atoms with van der Waals surface area (Å²) in [6.07, 6.45) is 4.44. The molecule has 3 aliphatic rings. The van der Waals surface area contributed by atoms with Crippen LogP contribution in [0, 0.1) is 0 Å². The highest BCUT2D eigenvalue weighted by atomic mass is 16.5. The molecule has 7 heteroatoms. The maximum atomic E-state index is 12.2. The number of anilines is 1. The van der Waals surface area contributed by atoms with E-state index in [1.165, 1.54) is 18.5 Å². The quantitative estimate of drug-likeness (QED) is 0.830. The number of hydrogen-bond donors (Lipinski definition) is 2. The number of carbonyl (C=O) groups is 1. The zero-order chi connectivity index (χ0) is 16.4. The van der Waals surface area contributed by atoms with Gasteiger partial charge in [0.15, 0.2) is 5.82 Å². The van der Waals surface area contributed by atoms with Gasteiger partial charge in [-0.15, -0.1) is 0 Å². The Kier molecular flexibility index (Phi) is 4.71. The van der Waals surface area contributed by atoms with E-state index in [1.54, 1.807) is 0 Å². The Bertz CT molecular complexity index is 557. The lowest BCUT2D eigenvalue weighted by Gasteiger charge is -2.34. The Hall–Kier alpha value is -1.60. The SMILES string of the molecule is O=C(CN1CCN(c2cc(C3CC3)[nH]n2)CC1)NC1CCOCC1. The fourth-order valence-corrected chi connectivity index (χ4v) is 3.54. The maximum absolute atomic E-state index is 12.2. The van der Waals surface area contributed by atoms with Crippen molar-refractivity contribution in [3.63, 3.8) is 0 Å². The zero-order valence-electron chi connectivity index (χ0n) is 14.2. The van der Waals surface area contributed by atoms with Gasteiger partial charge in [0.2, 0.25) is 5.91 Å². The fourth-order valence-electron chi connectivity index (χ4n) is 3.54. The van der Waals surface area contributed by atoms with Crippen molar-refractivity contribution in [2.45, 2.75) is 37.6 Å². The summed E-state index contributed by atoms with van der Waals surface area (Å²) in [5.74, 6) is 1.91. The van der Waals surface area contributed by atoms with Crippen LogP contribution in [0.3, 0.4) is 0 Å².